The third-order valence-electron chi connectivity index (χ3n) is 3.09. The highest BCUT2D eigenvalue weighted by atomic mass is 19.4. The molecule has 0 N–H and O–H groups in total. The van der Waals surface area contributed by atoms with Crippen LogP contribution in [0, 0.1) is 0 Å². The molecule has 0 unspecified atom stereocenters. The summed E-state index contributed by atoms with van der Waals surface area (Å²) in [6.07, 6.45) is -4.77. The van der Waals surface area contributed by atoms with Gasteiger partial charge in [0.25, 0.3) is 0 Å². The quantitative estimate of drug-likeness (QED) is 0.755. The summed E-state index contributed by atoms with van der Waals surface area (Å²) in [5.41, 5.74) is 1.28. The molecule has 0 aliphatic rings. The lowest BCUT2D eigenvalue weighted by Gasteiger charge is -2.13. The van der Waals surface area contributed by atoms with Crippen LogP contribution < -0.4 is 9.47 Å². The van der Waals surface area contributed by atoms with Crippen LogP contribution in [0.25, 0.3) is 11.1 Å². The van der Waals surface area contributed by atoms with E-state index in [1.165, 1.54) is 37.4 Å². The number of carbonyl (C=O) groups is 1. The number of halogens is 3. The Kier molecular flexibility index (Phi) is 5.33. The van der Waals surface area contributed by atoms with Crippen molar-refractivity contribution in [1.29, 1.82) is 0 Å². The normalized spacial score (nSPS) is 11.0. The van der Waals surface area contributed by atoms with E-state index in [1.54, 1.807) is 19.1 Å². The minimum atomic E-state index is -4.77. The van der Waals surface area contributed by atoms with Crippen molar-refractivity contribution in [2.75, 3.05) is 13.7 Å². The van der Waals surface area contributed by atoms with E-state index in [2.05, 4.69) is 4.74 Å². The van der Waals surface area contributed by atoms with Gasteiger partial charge >= 0.3 is 12.3 Å². The molecule has 0 aliphatic heterocycles. The highest BCUT2D eigenvalue weighted by Gasteiger charge is 2.31. The molecule has 2 rings (SSSR count). The second-order valence-corrected chi connectivity index (χ2v) is 4.71. The molecule has 24 heavy (non-hydrogen) atoms. The van der Waals surface area contributed by atoms with E-state index in [0.29, 0.717) is 22.4 Å². The zero-order valence-electron chi connectivity index (χ0n) is 13.0. The second kappa shape index (κ2) is 7.25. The van der Waals surface area contributed by atoms with Gasteiger partial charge in [0.2, 0.25) is 0 Å². The van der Waals surface area contributed by atoms with Gasteiger partial charge in [0.1, 0.15) is 11.5 Å². The first-order chi connectivity index (χ1) is 11.3. The fraction of sp³-hybridized carbons (Fsp3) is 0.235. The molecule has 0 atom stereocenters. The highest BCUT2D eigenvalue weighted by molar-refractivity contribution is 5.91. The predicted octanol–water partition coefficient (Wildman–Crippen LogP) is 4.44. The molecule has 0 radical (unpaired) electrons. The van der Waals surface area contributed by atoms with Gasteiger partial charge in [-0.1, -0.05) is 12.1 Å². The van der Waals surface area contributed by atoms with Crippen molar-refractivity contribution < 1.29 is 32.2 Å². The van der Waals surface area contributed by atoms with E-state index >= 15 is 0 Å². The van der Waals surface area contributed by atoms with Crippen LogP contribution in [0.3, 0.4) is 0 Å². The first kappa shape index (κ1) is 17.7. The van der Waals surface area contributed by atoms with Gasteiger partial charge in [0, 0.05) is 5.56 Å². The van der Waals surface area contributed by atoms with Gasteiger partial charge in [0.05, 0.1) is 19.3 Å². The summed E-state index contributed by atoms with van der Waals surface area (Å²) in [6.45, 7) is 1.93. The Labute approximate surface area is 136 Å². The Morgan fingerprint density at radius 2 is 1.88 bits per heavy atom. The van der Waals surface area contributed by atoms with Crippen LogP contribution in [0.1, 0.15) is 17.3 Å². The van der Waals surface area contributed by atoms with E-state index in [-0.39, 0.29) is 12.4 Å². The van der Waals surface area contributed by atoms with Crippen LogP contribution in [0.2, 0.25) is 0 Å². The lowest BCUT2D eigenvalue weighted by Crippen LogP contribution is -2.17. The zero-order valence-corrected chi connectivity index (χ0v) is 13.0. The zero-order chi connectivity index (χ0) is 17.7. The fourth-order valence-electron chi connectivity index (χ4n) is 2.13. The van der Waals surface area contributed by atoms with Crippen molar-refractivity contribution in [3.63, 3.8) is 0 Å². The lowest BCUT2D eigenvalue weighted by atomic mass is 10.0. The van der Waals surface area contributed by atoms with Crippen molar-refractivity contribution in [3.05, 3.63) is 48.0 Å². The molecule has 0 bridgehead atoms. The van der Waals surface area contributed by atoms with Crippen LogP contribution in [-0.2, 0) is 4.74 Å². The first-order valence-corrected chi connectivity index (χ1v) is 7.05. The molecule has 128 valence electrons. The summed E-state index contributed by atoms with van der Waals surface area (Å²) >= 11 is 0. The maximum absolute atomic E-state index is 12.3. The number of ether oxygens (including phenoxy) is 3. The summed E-state index contributed by atoms with van der Waals surface area (Å²) < 4.78 is 51.1. The molecule has 0 aromatic heterocycles. The third-order valence-corrected chi connectivity index (χ3v) is 3.09. The predicted molar refractivity (Wildman–Crippen MR) is 81.1 cm³/mol. The average molecular weight is 340 g/mol. The van der Waals surface area contributed by atoms with Crippen molar-refractivity contribution in [1.82, 2.24) is 0 Å². The maximum Gasteiger partial charge on any atom is 0.573 e. The number of alkyl halides is 3. The van der Waals surface area contributed by atoms with E-state index < -0.39 is 12.3 Å². The highest BCUT2D eigenvalue weighted by Crippen LogP contribution is 2.34. The molecule has 0 heterocycles. The van der Waals surface area contributed by atoms with Crippen molar-refractivity contribution in [3.8, 4) is 22.6 Å². The van der Waals surface area contributed by atoms with Gasteiger partial charge in [-0.15, -0.1) is 13.2 Å². The molecular formula is C17H15F3O4. The molecule has 7 heteroatoms. The van der Waals surface area contributed by atoms with E-state index in [0.717, 1.165) is 0 Å². The Balaban J connectivity index is 2.38. The standard InChI is InChI=1S/C17H15F3O4/c1-3-23-16(21)12-7-8-14(15(10-12)22-2)11-5-4-6-13(9-11)24-17(18,19)20/h4-10H,3H2,1-2H3. The molecule has 0 saturated carbocycles. The molecule has 0 aliphatic carbocycles. The number of hydrogen-bond acceptors (Lipinski definition) is 4. The summed E-state index contributed by atoms with van der Waals surface area (Å²) in [5, 5.41) is 0. The minimum Gasteiger partial charge on any atom is -0.496 e. The summed E-state index contributed by atoms with van der Waals surface area (Å²) in [6, 6.07) is 10.1. The van der Waals surface area contributed by atoms with Crippen LogP contribution in [0.5, 0.6) is 11.5 Å². The molecule has 0 spiro atoms. The Morgan fingerprint density at radius 3 is 2.50 bits per heavy atom. The van der Waals surface area contributed by atoms with Crippen LogP contribution >= 0.6 is 0 Å². The molecule has 0 fully saturated rings. The van der Waals surface area contributed by atoms with Gasteiger partial charge in [-0.3, -0.25) is 0 Å². The number of hydrogen-bond donors (Lipinski definition) is 0. The number of esters is 1. The summed E-state index contributed by atoms with van der Waals surface area (Å²) in [4.78, 5) is 11.7. The SMILES string of the molecule is CCOC(=O)c1ccc(-c2cccc(OC(F)(F)F)c2)c(OC)c1. The van der Waals surface area contributed by atoms with E-state index in [4.69, 9.17) is 9.47 Å². The van der Waals surface area contributed by atoms with Gasteiger partial charge in [0.15, 0.2) is 0 Å². The fourth-order valence-corrected chi connectivity index (χ4v) is 2.13. The van der Waals surface area contributed by atoms with Crippen LogP contribution in [-0.4, -0.2) is 26.0 Å². The monoisotopic (exact) mass is 340 g/mol. The van der Waals surface area contributed by atoms with Gasteiger partial charge in [-0.05, 0) is 42.8 Å². The second-order valence-electron chi connectivity index (χ2n) is 4.71. The minimum absolute atomic E-state index is 0.236. The smallest absolute Gasteiger partial charge is 0.496 e. The van der Waals surface area contributed by atoms with Crippen LogP contribution in [0.4, 0.5) is 13.2 Å². The average Bonchev–Trinajstić information content (AvgIpc) is 2.53. The molecule has 4 nitrogen and oxygen atoms in total. The van der Waals surface area contributed by atoms with Crippen molar-refractivity contribution in [2.45, 2.75) is 13.3 Å². The number of rotatable bonds is 5. The molecule has 2 aromatic carbocycles. The Morgan fingerprint density at radius 1 is 1.12 bits per heavy atom. The molecular weight excluding hydrogens is 325 g/mol. The largest absolute Gasteiger partial charge is 0.573 e. The summed E-state index contributed by atoms with van der Waals surface area (Å²) in [5.74, 6) is -0.502. The van der Waals surface area contributed by atoms with Gasteiger partial charge < -0.3 is 14.2 Å². The van der Waals surface area contributed by atoms with Crippen molar-refractivity contribution in [2.24, 2.45) is 0 Å². The number of benzene rings is 2. The Hall–Kier alpha value is -2.70. The molecule has 0 amide bonds. The van der Waals surface area contributed by atoms with Crippen molar-refractivity contribution >= 4 is 5.97 Å². The number of carbonyl (C=O) groups excluding carboxylic acids is 1. The first-order valence-electron chi connectivity index (χ1n) is 7.05. The summed E-state index contributed by atoms with van der Waals surface area (Å²) in [7, 11) is 1.41. The van der Waals surface area contributed by atoms with Gasteiger partial charge in [-0.2, -0.15) is 0 Å². The Bertz CT molecular complexity index is 726. The topological polar surface area (TPSA) is 44.8 Å². The van der Waals surface area contributed by atoms with E-state index in [1.807, 2.05) is 0 Å². The molecule has 2 aromatic rings. The van der Waals surface area contributed by atoms with Gasteiger partial charge in [-0.25, -0.2) is 4.79 Å². The van der Waals surface area contributed by atoms with Crippen LogP contribution in [0.15, 0.2) is 42.5 Å². The molecule has 0 saturated heterocycles. The lowest BCUT2D eigenvalue weighted by molar-refractivity contribution is -0.274. The third kappa shape index (κ3) is 4.41. The number of methoxy groups -OCH3 is 1. The maximum atomic E-state index is 12.3. The van der Waals surface area contributed by atoms with E-state index in [9.17, 15) is 18.0 Å².